The summed E-state index contributed by atoms with van der Waals surface area (Å²) in [6, 6.07) is 4.34. The monoisotopic (exact) mass is 372 g/mol. The number of methoxy groups -OCH3 is 1. The number of aromatic nitrogens is 3. The average molecular weight is 373 g/mol. The molecule has 1 aliphatic rings. The van der Waals surface area contributed by atoms with Crippen molar-refractivity contribution in [1.82, 2.24) is 15.0 Å². The van der Waals surface area contributed by atoms with Gasteiger partial charge in [0.2, 0.25) is 5.88 Å². The van der Waals surface area contributed by atoms with Gasteiger partial charge in [0.1, 0.15) is 24.0 Å². The topological polar surface area (TPSA) is 87.0 Å². The molecule has 0 aromatic carbocycles. The lowest BCUT2D eigenvalue weighted by Crippen LogP contribution is -2.40. The minimum absolute atomic E-state index is 0.297. The largest absolute Gasteiger partial charge is 0.481 e. The van der Waals surface area contributed by atoms with Crippen LogP contribution in [0.1, 0.15) is 29.7 Å². The molecular formula is C18H21ClN6O. The van der Waals surface area contributed by atoms with Gasteiger partial charge >= 0.3 is 0 Å². The lowest BCUT2D eigenvalue weighted by molar-refractivity contribution is 0.397. The Morgan fingerprint density at radius 3 is 2.69 bits per heavy atom. The number of pyridine rings is 1. The number of anilines is 2. The number of nitrogens with zero attached hydrogens (tertiary/aromatic N) is 5. The Morgan fingerprint density at radius 2 is 2.04 bits per heavy atom. The molecule has 0 amide bonds. The smallest absolute Gasteiger partial charge is 0.218 e. The molecule has 26 heavy (non-hydrogen) atoms. The van der Waals surface area contributed by atoms with Crippen molar-refractivity contribution in [2.75, 3.05) is 30.4 Å². The molecule has 136 valence electrons. The van der Waals surface area contributed by atoms with Gasteiger partial charge in [0, 0.05) is 25.2 Å². The highest BCUT2D eigenvalue weighted by Gasteiger charge is 2.24. The van der Waals surface area contributed by atoms with Crippen molar-refractivity contribution in [1.29, 1.82) is 5.26 Å². The number of nitriles is 1. The molecule has 1 saturated heterocycles. The van der Waals surface area contributed by atoms with Gasteiger partial charge in [-0.1, -0.05) is 11.6 Å². The summed E-state index contributed by atoms with van der Waals surface area (Å²) in [5, 5.41) is 13.5. The molecule has 0 atom stereocenters. The molecule has 0 radical (unpaired) electrons. The van der Waals surface area contributed by atoms with Crippen molar-refractivity contribution in [3.63, 3.8) is 0 Å². The lowest BCUT2D eigenvalue weighted by atomic mass is 10.0. The van der Waals surface area contributed by atoms with E-state index >= 15 is 0 Å². The van der Waals surface area contributed by atoms with Gasteiger partial charge in [-0.25, -0.2) is 15.0 Å². The van der Waals surface area contributed by atoms with Crippen molar-refractivity contribution in [3.05, 3.63) is 34.2 Å². The van der Waals surface area contributed by atoms with Crippen LogP contribution in [0.25, 0.3) is 0 Å². The van der Waals surface area contributed by atoms with E-state index in [2.05, 4.69) is 31.2 Å². The molecule has 2 aromatic heterocycles. The van der Waals surface area contributed by atoms with E-state index in [4.69, 9.17) is 16.3 Å². The summed E-state index contributed by atoms with van der Waals surface area (Å²) in [6.07, 6.45) is 3.32. The fraction of sp³-hybridized carbons (Fsp3) is 0.444. The third-order valence-corrected chi connectivity index (χ3v) is 5.19. The summed E-state index contributed by atoms with van der Waals surface area (Å²) in [5.41, 5.74) is 2.11. The number of nitrogens with one attached hydrogen (secondary N) is 1. The van der Waals surface area contributed by atoms with E-state index < -0.39 is 0 Å². The zero-order chi connectivity index (χ0) is 18.7. The molecule has 0 unspecified atom stereocenters. The normalized spacial score (nSPS) is 14.8. The highest BCUT2D eigenvalue weighted by Crippen LogP contribution is 2.30. The molecule has 1 aliphatic heterocycles. The van der Waals surface area contributed by atoms with E-state index in [-0.39, 0.29) is 0 Å². The molecule has 1 N–H and O–H groups in total. The van der Waals surface area contributed by atoms with Crippen LogP contribution < -0.4 is 15.0 Å². The third-order valence-electron chi connectivity index (χ3n) is 4.63. The van der Waals surface area contributed by atoms with E-state index in [0.717, 1.165) is 48.8 Å². The number of piperidine rings is 1. The van der Waals surface area contributed by atoms with E-state index in [1.165, 1.54) is 6.33 Å². The maximum Gasteiger partial charge on any atom is 0.218 e. The molecule has 3 rings (SSSR count). The van der Waals surface area contributed by atoms with Gasteiger partial charge in [-0.3, -0.25) is 0 Å². The van der Waals surface area contributed by atoms with Gasteiger partial charge in [-0.15, -0.1) is 0 Å². The zero-order valence-electron chi connectivity index (χ0n) is 15.1. The van der Waals surface area contributed by atoms with Crippen LogP contribution in [0.5, 0.6) is 5.88 Å². The van der Waals surface area contributed by atoms with Crippen molar-refractivity contribution in [3.8, 4) is 11.9 Å². The summed E-state index contributed by atoms with van der Waals surface area (Å²) in [4.78, 5) is 15.0. The molecular weight excluding hydrogens is 352 g/mol. The molecule has 0 bridgehead atoms. The van der Waals surface area contributed by atoms with Crippen molar-refractivity contribution in [2.45, 2.75) is 32.7 Å². The molecule has 3 heterocycles. The maximum absolute atomic E-state index is 9.53. The zero-order valence-corrected chi connectivity index (χ0v) is 15.8. The summed E-state index contributed by atoms with van der Waals surface area (Å²) < 4.78 is 5.13. The lowest BCUT2D eigenvalue weighted by Gasteiger charge is -2.34. The predicted octanol–water partition coefficient (Wildman–Crippen LogP) is 3.10. The van der Waals surface area contributed by atoms with Crippen LogP contribution in [0.15, 0.2) is 12.4 Å². The maximum atomic E-state index is 9.53. The number of ether oxygens (including phenoxy) is 1. The van der Waals surface area contributed by atoms with Gasteiger partial charge in [0.05, 0.1) is 23.4 Å². The molecule has 2 aromatic rings. The van der Waals surface area contributed by atoms with Crippen molar-refractivity contribution < 1.29 is 4.74 Å². The standard InChI is InChI=1S/C18H21ClN6O/c1-11-14(9-20)18(23-12(2)17(11)19)25-6-4-13(5-7-25)24-15-8-16(26-3)22-10-21-15/h8,10,13H,4-7H2,1-3H3,(H,21,22,24). The Morgan fingerprint density at radius 1 is 1.31 bits per heavy atom. The first-order valence-electron chi connectivity index (χ1n) is 8.47. The molecule has 7 nitrogen and oxygen atoms in total. The van der Waals surface area contributed by atoms with E-state index in [1.807, 2.05) is 13.8 Å². The third kappa shape index (κ3) is 3.65. The fourth-order valence-corrected chi connectivity index (χ4v) is 3.29. The first-order valence-corrected chi connectivity index (χ1v) is 8.85. The van der Waals surface area contributed by atoms with Crippen LogP contribution in [0.3, 0.4) is 0 Å². The Kier molecular flexibility index (Phi) is 5.43. The van der Waals surface area contributed by atoms with Crippen LogP contribution in [0.2, 0.25) is 5.02 Å². The van der Waals surface area contributed by atoms with Crippen molar-refractivity contribution in [2.24, 2.45) is 0 Å². The SMILES string of the molecule is COc1cc(NC2CCN(c3nc(C)c(Cl)c(C)c3C#N)CC2)ncn1. The highest BCUT2D eigenvalue weighted by atomic mass is 35.5. The Bertz CT molecular complexity index is 842. The van der Waals surface area contributed by atoms with E-state index in [9.17, 15) is 5.26 Å². The van der Waals surface area contributed by atoms with Crippen LogP contribution in [-0.4, -0.2) is 41.2 Å². The highest BCUT2D eigenvalue weighted by molar-refractivity contribution is 6.32. The second-order valence-corrected chi connectivity index (χ2v) is 6.68. The molecule has 0 aliphatic carbocycles. The fourth-order valence-electron chi connectivity index (χ4n) is 3.15. The number of hydrogen-bond donors (Lipinski definition) is 1. The molecule has 0 saturated carbocycles. The number of halogens is 1. The summed E-state index contributed by atoms with van der Waals surface area (Å²) in [5.74, 6) is 2.02. The van der Waals surface area contributed by atoms with Gasteiger partial charge in [-0.2, -0.15) is 5.26 Å². The van der Waals surface area contributed by atoms with Crippen LogP contribution in [0.4, 0.5) is 11.6 Å². The second kappa shape index (κ2) is 7.75. The van der Waals surface area contributed by atoms with Crippen molar-refractivity contribution >= 4 is 23.2 Å². The Labute approximate surface area is 158 Å². The van der Waals surface area contributed by atoms with Gasteiger partial charge in [0.15, 0.2) is 0 Å². The van der Waals surface area contributed by atoms with Gasteiger partial charge < -0.3 is 15.0 Å². The molecule has 0 spiro atoms. The molecule has 8 heteroatoms. The Balaban J connectivity index is 1.70. The summed E-state index contributed by atoms with van der Waals surface area (Å²) in [7, 11) is 1.58. The number of aryl methyl sites for hydroxylation is 1. The number of hydrogen-bond acceptors (Lipinski definition) is 7. The number of rotatable bonds is 4. The minimum atomic E-state index is 0.297. The minimum Gasteiger partial charge on any atom is -0.481 e. The quantitative estimate of drug-likeness (QED) is 0.882. The van der Waals surface area contributed by atoms with Crippen LogP contribution >= 0.6 is 11.6 Å². The molecule has 1 fully saturated rings. The summed E-state index contributed by atoms with van der Waals surface area (Å²) >= 11 is 6.25. The van der Waals surface area contributed by atoms with Gasteiger partial charge in [-0.05, 0) is 32.3 Å². The predicted molar refractivity (Wildman–Crippen MR) is 101 cm³/mol. The van der Waals surface area contributed by atoms with E-state index in [0.29, 0.717) is 22.5 Å². The second-order valence-electron chi connectivity index (χ2n) is 6.30. The average Bonchev–Trinajstić information content (AvgIpc) is 2.67. The first kappa shape index (κ1) is 18.2. The van der Waals surface area contributed by atoms with Crippen LogP contribution in [-0.2, 0) is 0 Å². The van der Waals surface area contributed by atoms with Crippen LogP contribution in [0, 0.1) is 25.2 Å². The van der Waals surface area contributed by atoms with Gasteiger partial charge in [0.25, 0.3) is 0 Å². The van der Waals surface area contributed by atoms with E-state index in [1.54, 1.807) is 13.2 Å². The first-order chi connectivity index (χ1) is 12.5. The Hall–Kier alpha value is -2.59. The summed E-state index contributed by atoms with van der Waals surface area (Å²) in [6.45, 7) is 5.36.